The molecule has 0 heterocycles. The molecule has 0 unspecified atom stereocenters. The number of rotatable bonds is 3. The average molecular weight is 326 g/mol. The van der Waals surface area contributed by atoms with Crippen LogP contribution in [0.5, 0.6) is 0 Å². The fourth-order valence-electron chi connectivity index (χ4n) is 0.0589. The van der Waals surface area contributed by atoms with Crippen molar-refractivity contribution in [3.8, 4) is 0 Å². The minimum atomic E-state index is -0.833. The quantitative estimate of drug-likeness (QED) is 0.456. The summed E-state index contributed by atoms with van der Waals surface area (Å²) in [6.07, 6.45) is 0. The molecule has 0 saturated heterocycles. The number of Topliss-reactive ketones (excluding diaryl/α,β-unsaturated/α-hetero) is 2. The van der Waals surface area contributed by atoms with E-state index in [9.17, 15) is 9.59 Å². The van der Waals surface area contributed by atoms with Crippen LogP contribution < -0.4 is 0 Å². The van der Waals surface area contributed by atoms with Crippen LogP contribution in [0.2, 0.25) is 0 Å². The Labute approximate surface area is 108 Å². The predicted octanol–water partition coefficient (Wildman–Crippen LogP) is 0.343. The summed E-state index contributed by atoms with van der Waals surface area (Å²) in [4.78, 5) is 37.6. The van der Waals surface area contributed by atoms with E-state index >= 15 is 0 Å². The Morgan fingerprint density at radius 3 is 1.38 bits per heavy atom. The second-order valence-corrected chi connectivity index (χ2v) is 2.15. The van der Waals surface area contributed by atoms with Crippen LogP contribution in [-0.4, -0.2) is 35.7 Å². The first kappa shape index (κ1) is 24.3. The van der Waals surface area contributed by atoms with E-state index in [1.807, 2.05) is 0 Å². The third kappa shape index (κ3) is 75.6. The third-order valence-corrected chi connectivity index (χ3v) is 0.699. The number of aliphatic carboxylic acids is 1. The maximum atomic E-state index is 9.79. The molecule has 6 nitrogen and oxygen atoms in total. The number of carbonyl (C=O) groups excluding carboxylic acids is 3. The summed E-state index contributed by atoms with van der Waals surface area (Å²) in [6, 6.07) is 0. The van der Waals surface area contributed by atoms with Gasteiger partial charge in [0.15, 0.2) is 11.6 Å². The van der Waals surface area contributed by atoms with Gasteiger partial charge >= 0.3 is 0 Å². The van der Waals surface area contributed by atoms with Gasteiger partial charge in [0.1, 0.15) is 0 Å². The maximum absolute atomic E-state index is 9.79. The summed E-state index contributed by atoms with van der Waals surface area (Å²) < 4.78 is 4.03. The molecule has 0 amide bonds. The molecule has 0 spiro atoms. The Bertz CT molecular complexity index is 198. The van der Waals surface area contributed by atoms with Crippen LogP contribution in [0.15, 0.2) is 0 Å². The molecule has 0 aromatic heterocycles. The van der Waals surface area contributed by atoms with Crippen molar-refractivity contribution in [1.82, 2.24) is 0 Å². The zero-order chi connectivity index (χ0) is 12.9. The largest absolute Gasteiger partial charge is 0.653 e. The number of hydrogen-bond donors (Lipinski definition) is 1. The molecule has 0 saturated carbocycles. The first-order valence-electron chi connectivity index (χ1n) is 3.99. The fraction of sp³-hybridized carbons (Fsp3) is 0.556. The van der Waals surface area contributed by atoms with Crippen LogP contribution in [0.1, 0.15) is 27.7 Å². The fourth-order valence-corrected chi connectivity index (χ4v) is 0.0589. The van der Waals surface area contributed by atoms with E-state index in [1.54, 1.807) is 6.92 Å². The summed E-state index contributed by atoms with van der Waals surface area (Å²) in [7, 11) is 0. The molecule has 0 radical (unpaired) electrons. The Morgan fingerprint density at radius 2 is 1.38 bits per heavy atom. The molecule has 0 fully saturated rings. The van der Waals surface area contributed by atoms with Crippen molar-refractivity contribution in [3.63, 3.8) is 0 Å². The first-order valence-corrected chi connectivity index (χ1v) is 3.99. The number of hydrogen-bond acceptors (Lipinski definition) is 5. The summed E-state index contributed by atoms with van der Waals surface area (Å²) in [5.74, 6) is -1.59. The van der Waals surface area contributed by atoms with Crippen LogP contribution in [-0.2, 0) is 44.3 Å². The number of carboxylic acid groups (broad SMARTS) is 1. The van der Waals surface area contributed by atoms with Crippen LogP contribution in [0.4, 0.5) is 0 Å². The molecule has 1 N–H and O–H groups in total. The van der Waals surface area contributed by atoms with Gasteiger partial charge in [0.25, 0.3) is 5.97 Å². The number of carboxylic acids is 1. The van der Waals surface area contributed by atoms with Crippen molar-refractivity contribution in [2.75, 3.05) is 6.61 Å². The predicted molar refractivity (Wildman–Crippen MR) is 52.0 cm³/mol. The van der Waals surface area contributed by atoms with Crippen LogP contribution in [0, 0.1) is 0 Å². The van der Waals surface area contributed by atoms with Crippen molar-refractivity contribution in [1.29, 1.82) is 0 Å². The topological polar surface area (TPSA) is 97.7 Å². The molecular weight excluding hydrogens is 311 g/mol. The minimum Gasteiger partial charge on any atom is -0.653 e. The van der Waals surface area contributed by atoms with Crippen molar-refractivity contribution in [2.24, 2.45) is 0 Å². The zero-order valence-electron chi connectivity index (χ0n) is 9.51. The molecule has 16 heavy (non-hydrogen) atoms. The van der Waals surface area contributed by atoms with Crippen LogP contribution in [0.25, 0.3) is 0 Å². The Kier molecular flexibility index (Phi) is 29.6. The standard InChI is InChI=1S/C4H6O2.C3H5O2.C2H4O2.Pd/c1-3(5)4(2)6;1-2-5-3-4;1-2(3)4;/h1-2H3;2H2,1H3;1H3,(H,3,4);/q;-1;;. The molecule has 0 aliphatic heterocycles. The number of ether oxygens (including phenoxy) is 1. The van der Waals surface area contributed by atoms with Gasteiger partial charge in [-0.25, -0.2) is 0 Å². The van der Waals surface area contributed by atoms with Gasteiger partial charge in [-0.05, 0) is 6.92 Å². The van der Waals surface area contributed by atoms with Gasteiger partial charge in [0.05, 0.1) is 0 Å². The zero-order valence-corrected chi connectivity index (χ0v) is 11.1. The van der Waals surface area contributed by atoms with E-state index in [0.29, 0.717) is 6.61 Å². The van der Waals surface area contributed by atoms with E-state index in [0.717, 1.165) is 6.92 Å². The molecule has 7 heteroatoms. The van der Waals surface area contributed by atoms with E-state index in [2.05, 4.69) is 4.74 Å². The minimum absolute atomic E-state index is 0. The van der Waals surface area contributed by atoms with E-state index < -0.39 is 5.97 Å². The third-order valence-electron chi connectivity index (χ3n) is 0.699. The smallest absolute Gasteiger partial charge is 0.300 e. The molecular formula is C9H15O6Pd-. The summed E-state index contributed by atoms with van der Waals surface area (Å²) in [5.41, 5.74) is 0. The van der Waals surface area contributed by atoms with Crippen molar-refractivity contribution < 1.29 is 49.4 Å². The summed E-state index contributed by atoms with van der Waals surface area (Å²) in [5, 5.41) is 7.42. The van der Waals surface area contributed by atoms with Crippen LogP contribution in [0.3, 0.4) is 0 Å². The van der Waals surface area contributed by atoms with Gasteiger partial charge in [-0.2, -0.15) is 0 Å². The summed E-state index contributed by atoms with van der Waals surface area (Å²) >= 11 is 0. The molecule has 0 aliphatic rings. The van der Waals surface area contributed by atoms with Gasteiger partial charge in [-0.1, -0.05) is 6.47 Å². The second kappa shape index (κ2) is 19.5. The van der Waals surface area contributed by atoms with Gasteiger partial charge in [-0.3, -0.25) is 14.4 Å². The maximum Gasteiger partial charge on any atom is 0.300 e. The Morgan fingerprint density at radius 1 is 1.12 bits per heavy atom. The normalized spacial score (nSPS) is 6.50. The van der Waals surface area contributed by atoms with Crippen molar-refractivity contribution in [2.45, 2.75) is 27.7 Å². The van der Waals surface area contributed by atoms with Gasteiger partial charge in [0.2, 0.25) is 0 Å². The van der Waals surface area contributed by atoms with Crippen molar-refractivity contribution >= 4 is 24.0 Å². The molecule has 98 valence electrons. The van der Waals surface area contributed by atoms with Gasteiger partial charge in [-0.15, -0.1) is 0 Å². The molecule has 0 rings (SSSR count). The Hall–Kier alpha value is -1.06. The Balaban J connectivity index is -0.0000000668. The molecule has 0 aromatic rings. The molecule has 0 bridgehead atoms. The molecule has 0 atom stereocenters. The molecule has 0 aliphatic carbocycles. The SMILES string of the molecule is CC(=O)C(C)=O.CC(=O)O.CCO[C-]=O.[Pd]. The van der Waals surface area contributed by atoms with E-state index in [4.69, 9.17) is 14.7 Å². The number of carbonyl (C=O) groups is 3. The monoisotopic (exact) mass is 325 g/mol. The average Bonchev–Trinajstić information content (AvgIpc) is 2.05. The first-order chi connectivity index (χ1) is 6.79. The van der Waals surface area contributed by atoms with Gasteiger partial charge in [0, 0.05) is 47.8 Å². The summed E-state index contributed by atoms with van der Waals surface area (Å²) in [6.45, 7) is 7.00. The molecule has 0 aromatic carbocycles. The van der Waals surface area contributed by atoms with Crippen molar-refractivity contribution in [3.05, 3.63) is 0 Å². The van der Waals surface area contributed by atoms with Crippen LogP contribution >= 0.6 is 0 Å². The van der Waals surface area contributed by atoms with E-state index in [-0.39, 0.29) is 32.0 Å². The van der Waals surface area contributed by atoms with E-state index in [1.165, 1.54) is 20.3 Å². The number of ketones is 2. The second-order valence-electron chi connectivity index (χ2n) is 2.15. The van der Waals surface area contributed by atoms with Gasteiger partial charge < -0.3 is 14.6 Å².